The van der Waals surface area contributed by atoms with E-state index in [0.29, 0.717) is 0 Å². The van der Waals surface area contributed by atoms with Gasteiger partial charge in [0, 0.05) is 37.0 Å². The van der Waals surface area contributed by atoms with Gasteiger partial charge < -0.3 is 4.72 Å². The topological polar surface area (TPSA) is 38.0 Å². The van der Waals surface area contributed by atoms with Crippen LogP contribution in [0.15, 0.2) is 41.3 Å². The Morgan fingerprint density at radius 2 is 1.94 bits per heavy atom. The molecule has 0 unspecified atom stereocenters. The summed E-state index contributed by atoms with van der Waals surface area (Å²) in [6.07, 6.45) is 2.03. The molecule has 3 N–H and O–H groups in total. The van der Waals surface area contributed by atoms with Crippen LogP contribution in [0.4, 0.5) is 5.69 Å². The van der Waals surface area contributed by atoms with E-state index in [1.165, 1.54) is 32.1 Å². The van der Waals surface area contributed by atoms with Gasteiger partial charge in [-0.2, -0.15) is 0 Å². The highest BCUT2D eigenvalue weighted by molar-refractivity contribution is 7.99. The summed E-state index contributed by atoms with van der Waals surface area (Å²) in [5.41, 5.74) is 1.15. The molecule has 0 aliphatic rings. The maximum absolute atomic E-state index is 5.61. The lowest BCUT2D eigenvalue weighted by Gasteiger charge is -2.01. The molecule has 2 aromatic carbocycles. The Morgan fingerprint density at radius 3 is 2.72 bits per heavy atom. The van der Waals surface area contributed by atoms with Crippen molar-refractivity contribution in [3.05, 3.63) is 36.4 Å². The Balaban J connectivity index is 2.24. The van der Waals surface area contributed by atoms with E-state index in [-0.39, 0.29) is 0 Å². The summed E-state index contributed by atoms with van der Waals surface area (Å²) in [4.78, 5) is 1.11. The second-order valence-corrected chi connectivity index (χ2v) is 6.30. The van der Waals surface area contributed by atoms with Crippen LogP contribution in [0.2, 0.25) is 0 Å². The lowest BCUT2D eigenvalue weighted by Crippen LogP contribution is -1.82. The van der Waals surface area contributed by atoms with Crippen LogP contribution in [0, 0.1) is 0 Å². The van der Waals surface area contributed by atoms with Gasteiger partial charge in [0.05, 0.1) is 0 Å². The molecule has 0 saturated heterocycles. The van der Waals surface area contributed by atoms with E-state index in [0.717, 1.165) is 10.6 Å². The number of nitrogens with one attached hydrogen (secondary N) is 1. The van der Waals surface area contributed by atoms with Crippen LogP contribution in [0.3, 0.4) is 0 Å². The SMILES string of the molecule is CSNc1ccc2sc3cc(SN)ccc3c2c1. The second-order valence-electron chi connectivity index (χ2n) is 3.90. The van der Waals surface area contributed by atoms with Crippen molar-refractivity contribution in [3.8, 4) is 0 Å². The fourth-order valence-corrected chi connectivity index (χ4v) is 3.91. The minimum Gasteiger partial charge on any atom is -0.330 e. The van der Waals surface area contributed by atoms with Crippen molar-refractivity contribution in [1.82, 2.24) is 0 Å². The Morgan fingerprint density at radius 1 is 1.06 bits per heavy atom. The molecule has 3 aromatic rings. The third-order valence-electron chi connectivity index (χ3n) is 2.80. The van der Waals surface area contributed by atoms with E-state index in [1.807, 2.05) is 17.6 Å². The van der Waals surface area contributed by atoms with Crippen molar-refractivity contribution in [1.29, 1.82) is 0 Å². The molecule has 0 amide bonds. The molecule has 18 heavy (non-hydrogen) atoms. The van der Waals surface area contributed by atoms with E-state index in [2.05, 4.69) is 41.1 Å². The lowest BCUT2D eigenvalue weighted by molar-refractivity contribution is 1.52. The Kier molecular flexibility index (Phi) is 3.39. The standard InChI is InChI=1S/C13H12N2S3/c1-16-15-8-2-5-12-11(6-8)10-4-3-9(18-14)7-13(10)17-12/h2-7,15H,14H2,1H3. The lowest BCUT2D eigenvalue weighted by atomic mass is 10.1. The molecule has 0 aliphatic heterocycles. The molecule has 0 bridgehead atoms. The van der Waals surface area contributed by atoms with Crippen molar-refractivity contribution >= 4 is 61.1 Å². The third-order valence-corrected chi connectivity index (χ3v) is 4.90. The first kappa shape index (κ1) is 12.2. The third kappa shape index (κ3) is 2.07. The van der Waals surface area contributed by atoms with Gasteiger partial charge in [-0.25, -0.2) is 0 Å². The number of hydrogen-bond donors (Lipinski definition) is 2. The van der Waals surface area contributed by atoms with E-state index in [4.69, 9.17) is 5.14 Å². The summed E-state index contributed by atoms with van der Waals surface area (Å²) in [5.74, 6) is 0. The molecule has 3 rings (SSSR count). The summed E-state index contributed by atoms with van der Waals surface area (Å²) >= 11 is 4.72. The highest BCUT2D eigenvalue weighted by Gasteiger charge is 2.06. The highest BCUT2D eigenvalue weighted by atomic mass is 32.2. The van der Waals surface area contributed by atoms with E-state index in [9.17, 15) is 0 Å². The van der Waals surface area contributed by atoms with Crippen LogP contribution in [0.1, 0.15) is 0 Å². The van der Waals surface area contributed by atoms with Crippen molar-refractivity contribution in [2.75, 3.05) is 11.0 Å². The average molecular weight is 292 g/mol. The summed E-state index contributed by atoms with van der Waals surface area (Å²) in [6, 6.07) is 12.9. The number of rotatable bonds is 3. The van der Waals surface area contributed by atoms with Crippen LogP contribution in [-0.4, -0.2) is 6.26 Å². The fraction of sp³-hybridized carbons (Fsp3) is 0.0769. The first-order valence-corrected chi connectivity index (χ1v) is 8.36. The molecule has 0 fully saturated rings. The Hall–Kier alpha value is -0.880. The molecule has 2 nitrogen and oxygen atoms in total. The number of benzene rings is 2. The molecule has 5 heteroatoms. The van der Waals surface area contributed by atoms with Crippen LogP contribution in [-0.2, 0) is 0 Å². The molecule has 1 aromatic heterocycles. The molecule has 1 heterocycles. The van der Waals surface area contributed by atoms with Crippen molar-refractivity contribution in [3.63, 3.8) is 0 Å². The van der Waals surface area contributed by atoms with Crippen LogP contribution < -0.4 is 9.86 Å². The highest BCUT2D eigenvalue weighted by Crippen LogP contribution is 2.37. The number of hydrogen-bond acceptors (Lipinski definition) is 5. The van der Waals surface area contributed by atoms with Gasteiger partial charge in [-0.3, -0.25) is 5.14 Å². The quantitative estimate of drug-likeness (QED) is 0.686. The number of thiophene rings is 1. The van der Waals surface area contributed by atoms with Gasteiger partial charge in [0.1, 0.15) is 0 Å². The summed E-state index contributed by atoms with van der Waals surface area (Å²) in [5, 5.41) is 8.22. The van der Waals surface area contributed by atoms with Gasteiger partial charge in [-0.1, -0.05) is 18.0 Å². The monoisotopic (exact) mass is 292 g/mol. The van der Waals surface area contributed by atoms with Crippen LogP contribution in [0.25, 0.3) is 20.2 Å². The zero-order chi connectivity index (χ0) is 12.5. The minimum atomic E-state index is 1.11. The normalized spacial score (nSPS) is 11.2. The number of nitrogens with two attached hydrogens (primary N) is 1. The largest absolute Gasteiger partial charge is 0.330 e. The molecule has 0 radical (unpaired) electrons. The second kappa shape index (κ2) is 5.01. The summed E-state index contributed by atoms with van der Waals surface area (Å²) < 4.78 is 5.88. The molecule has 0 saturated carbocycles. The zero-order valence-electron chi connectivity index (χ0n) is 9.77. The first-order valence-electron chi connectivity index (χ1n) is 5.44. The smallest absolute Gasteiger partial charge is 0.0447 e. The first-order chi connectivity index (χ1) is 8.81. The maximum Gasteiger partial charge on any atom is 0.0447 e. The van der Waals surface area contributed by atoms with Gasteiger partial charge in [-0.15, -0.1) is 11.3 Å². The number of anilines is 1. The van der Waals surface area contributed by atoms with Gasteiger partial charge in [0.25, 0.3) is 0 Å². The Labute approximate surface area is 118 Å². The van der Waals surface area contributed by atoms with Crippen molar-refractivity contribution < 1.29 is 0 Å². The van der Waals surface area contributed by atoms with E-state index in [1.54, 1.807) is 11.9 Å². The molecule has 92 valence electrons. The van der Waals surface area contributed by atoms with Crippen molar-refractivity contribution in [2.45, 2.75) is 4.90 Å². The van der Waals surface area contributed by atoms with Crippen LogP contribution in [0.5, 0.6) is 0 Å². The summed E-state index contributed by atoms with van der Waals surface area (Å²) in [6.45, 7) is 0. The minimum absolute atomic E-state index is 1.11. The van der Waals surface area contributed by atoms with Gasteiger partial charge in [0.2, 0.25) is 0 Å². The van der Waals surface area contributed by atoms with Gasteiger partial charge in [-0.05, 0) is 42.3 Å². The molecule has 0 atom stereocenters. The number of fused-ring (bicyclic) bond motifs is 3. The molecule has 0 aliphatic carbocycles. The average Bonchev–Trinajstić information content (AvgIpc) is 2.76. The predicted octanol–water partition coefficient (Wildman–Crippen LogP) is 4.71. The fourth-order valence-electron chi connectivity index (χ4n) is 2.01. The summed E-state index contributed by atoms with van der Waals surface area (Å²) in [7, 11) is 0. The van der Waals surface area contributed by atoms with Crippen molar-refractivity contribution in [2.24, 2.45) is 5.14 Å². The molecular formula is C13H12N2S3. The van der Waals surface area contributed by atoms with Gasteiger partial charge >= 0.3 is 0 Å². The predicted molar refractivity (Wildman–Crippen MR) is 86.5 cm³/mol. The molecule has 0 spiro atoms. The van der Waals surface area contributed by atoms with Crippen LogP contribution >= 0.6 is 35.2 Å². The van der Waals surface area contributed by atoms with E-state index >= 15 is 0 Å². The van der Waals surface area contributed by atoms with E-state index < -0.39 is 0 Å². The Bertz CT molecular complexity index is 706. The van der Waals surface area contributed by atoms with Gasteiger partial charge in [0.15, 0.2) is 0 Å². The maximum atomic E-state index is 5.61. The zero-order valence-corrected chi connectivity index (χ0v) is 12.2. The molecular weight excluding hydrogens is 280 g/mol.